The Kier molecular flexibility index (Phi) is 5.27. The number of pyridine rings is 1. The fourth-order valence-electron chi connectivity index (χ4n) is 2.44. The molecule has 0 radical (unpaired) electrons. The summed E-state index contributed by atoms with van der Waals surface area (Å²) in [6.45, 7) is 5.39. The van der Waals surface area contributed by atoms with Gasteiger partial charge in [0.1, 0.15) is 5.65 Å². The number of nitrogens with two attached hydrogens (primary N) is 1. The van der Waals surface area contributed by atoms with Gasteiger partial charge in [-0.25, -0.2) is 4.98 Å². The molecule has 0 unspecified atom stereocenters. The number of carbonyl (C=O) groups excluding carboxylic acids is 1. The Balaban J connectivity index is 2.30. The van der Waals surface area contributed by atoms with Gasteiger partial charge in [0.25, 0.3) is 5.56 Å². The molecule has 0 aliphatic heterocycles. The maximum atomic E-state index is 12.2. The zero-order chi connectivity index (χ0) is 16.1. The molecule has 0 spiro atoms. The van der Waals surface area contributed by atoms with Crippen LogP contribution in [0.1, 0.15) is 31.0 Å². The van der Waals surface area contributed by atoms with E-state index in [-0.39, 0.29) is 18.0 Å². The predicted molar refractivity (Wildman–Crippen MR) is 85.6 cm³/mol. The Labute approximate surface area is 129 Å². The van der Waals surface area contributed by atoms with E-state index in [9.17, 15) is 9.59 Å². The molecule has 0 aliphatic carbocycles. The van der Waals surface area contributed by atoms with Crippen molar-refractivity contribution in [1.29, 1.82) is 0 Å². The fraction of sp³-hybridized carbons (Fsp3) is 0.438. The number of aromatic nitrogens is 2. The first-order valence-corrected chi connectivity index (χ1v) is 7.50. The Morgan fingerprint density at radius 2 is 2.23 bits per heavy atom. The minimum absolute atomic E-state index is 0.113. The van der Waals surface area contributed by atoms with Crippen molar-refractivity contribution in [3.8, 4) is 0 Å². The van der Waals surface area contributed by atoms with E-state index in [4.69, 9.17) is 5.73 Å². The van der Waals surface area contributed by atoms with E-state index in [1.807, 2.05) is 24.0 Å². The second kappa shape index (κ2) is 7.17. The van der Waals surface area contributed by atoms with Crippen molar-refractivity contribution in [2.24, 2.45) is 5.73 Å². The van der Waals surface area contributed by atoms with Crippen LogP contribution >= 0.6 is 0 Å². The van der Waals surface area contributed by atoms with Gasteiger partial charge >= 0.3 is 0 Å². The van der Waals surface area contributed by atoms with Crippen LogP contribution in [0.15, 0.2) is 29.2 Å². The maximum Gasteiger partial charge on any atom is 0.258 e. The topological polar surface area (TPSA) is 80.7 Å². The number of fused-ring (bicyclic) bond motifs is 1. The quantitative estimate of drug-likeness (QED) is 0.830. The first-order valence-electron chi connectivity index (χ1n) is 7.50. The molecule has 6 nitrogen and oxygen atoms in total. The summed E-state index contributed by atoms with van der Waals surface area (Å²) in [5.74, 6) is -0.371. The van der Waals surface area contributed by atoms with Crippen molar-refractivity contribution >= 4 is 11.6 Å². The molecule has 2 N–H and O–H groups in total. The molecule has 118 valence electrons. The number of rotatable bonds is 7. The average molecular weight is 302 g/mol. The van der Waals surface area contributed by atoms with Crippen molar-refractivity contribution in [1.82, 2.24) is 14.3 Å². The molecule has 2 aromatic rings. The number of unbranched alkanes of at least 4 members (excludes halogenated alkanes) is 1. The Morgan fingerprint density at radius 1 is 1.45 bits per heavy atom. The highest BCUT2D eigenvalue weighted by Gasteiger charge is 2.11. The summed E-state index contributed by atoms with van der Waals surface area (Å²) in [5.41, 5.74) is 7.44. The number of nitrogens with zero attached hydrogens (tertiary/aromatic N) is 3. The van der Waals surface area contributed by atoms with Gasteiger partial charge in [0.15, 0.2) is 0 Å². The van der Waals surface area contributed by atoms with Crippen LogP contribution in [0, 0.1) is 6.92 Å². The monoisotopic (exact) mass is 302 g/mol. The van der Waals surface area contributed by atoms with Gasteiger partial charge in [-0.15, -0.1) is 0 Å². The highest BCUT2D eigenvalue weighted by atomic mass is 16.1. The van der Waals surface area contributed by atoms with Crippen molar-refractivity contribution in [3.05, 3.63) is 46.0 Å². The Morgan fingerprint density at radius 3 is 2.91 bits per heavy atom. The lowest BCUT2D eigenvalue weighted by Crippen LogP contribution is -2.34. The van der Waals surface area contributed by atoms with Crippen molar-refractivity contribution in [3.63, 3.8) is 0 Å². The molecule has 1 amide bonds. The minimum atomic E-state index is -0.371. The van der Waals surface area contributed by atoms with Crippen LogP contribution in [0.2, 0.25) is 0 Å². The van der Waals surface area contributed by atoms with Gasteiger partial charge in [0.05, 0.1) is 12.2 Å². The third-order valence-electron chi connectivity index (χ3n) is 3.53. The van der Waals surface area contributed by atoms with Gasteiger partial charge in [0, 0.05) is 18.8 Å². The number of carbonyl (C=O) groups is 1. The second-order valence-electron chi connectivity index (χ2n) is 5.50. The lowest BCUT2D eigenvalue weighted by Gasteiger charge is -2.20. The third-order valence-corrected chi connectivity index (χ3v) is 3.53. The van der Waals surface area contributed by atoms with Crippen LogP contribution < -0.4 is 11.3 Å². The number of aryl methyl sites for hydroxylation is 1. The smallest absolute Gasteiger partial charge is 0.258 e. The van der Waals surface area contributed by atoms with E-state index < -0.39 is 0 Å². The molecule has 0 fully saturated rings. The Hall–Kier alpha value is -2.21. The molecule has 6 heteroatoms. The molecule has 0 aromatic carbocycles. The van der Waals surface area contributed by atoms with Gasteiger partial charge in [-0.1, -0.05) is 19.4 Å². The number of hydrogen-bond donors (Lipinski definition) is 1. The lowest BCUT2D eigenvalue weighted by molar-refractivity contribution is -0.119. The largest absolute Gasteiger partial charge is 0.369 e. The zero-order valence-electron chi connectivity index (χ0n) is 13.1. The van der Waals surface area contributed by atoms with Crippen LogP contribution in [-0.4, -0.2) is 33.3 Å². The van der Waals surface area contributed by atoms with E-state index in [2.05, 4.69) is 11.9 Å². The van der Waals surface area contributed by atoms with Crippen molar-refractivity contribution < 1.29 is 4.79 Å². The van der Waals surface area contributed by atoms with Crippen LogP contribution in [0.5, 0.6) is 0 Å². The molecule has 22 heavy (non-hydrogen) atoms. The van der Waals surface area contributed by atoms with Crippen LogP contribution in [0.4, 0.5) is 0 Å². The van der Waals surface area contributed by atoms with E-state index in [0.29, 0.717) is 17.9 Å². The number of amides is 1. The summed E-state index contributed by atoms with van der Waals surface area (Å²) >= 11 is 0. The van der Waals surface area contributed by atoms with Gasteiger partial charge < -0.3 is 5.73 Å². The molecular weight excluding hydrogens is 280 g/mol. The summed E-state index contributed by atoms with van der Waals surface area (Å²) in [4.78, 5) is 29.9. The number of primary amides is 1. The molecule has 2 heterocycles. The molecular formula is C16H22N4O2. The van der Waals surface area contributed by atoms with E-state index in [1.54, 1.807) is 6.20 Å². The van der Waals surface area contributed by atoms with Crippen molar-refractivity contribution in [2.75, 3.05) is 13.1 Å². The van der Waals surface area contributed by atoms with Crippen LogP contribution in [0.3, 0.4) is 0 Å². The summed E-state index contributed by atoms with van der Waals surface area (Å²) in [5, 5.41) is 0. The highest BCUT2D eigenvalue weighted by Crippen LogP contribution is 2.08. The van der Waals surface area contributed by atoms with Crippen LogP contribution in [-0.2, 0) is 11.3 Å². The minimum Gasteiger partial charge on any atom is -0.369 e. The number of hydrogen-bond acceptors (Lipinski definition) is 4. The van der Waals surface area contributed by atoms with Gasteiger partial charge in [-0.2, -0.15) is 0 Å². The first kappa shape index (κ1) is 16.2. The summed E-state index contributed by atoms with van der Waals surface area (Å²) in [7, 11) is 0. The molecule has 2 rings (SSSR count). The molecule has 0 aliphatic rings. The van der Waals surface area contributed by atoms with Gasteiger partial charge in [-0.3, -0.25) is 18.9 Å². The maximum absolute atomic E-state index is 12.2. The molecule has 2 aromatic heterocycles. The van der Waals surface area contributed by atoms with E-state index in [0.717, 1.165) is 24.9 Å². The predicted octanol–water partition coefficient (Wildman–Crippen LogP) is 1.09. The van der Waals surface area contributed by atoms with Crippen molar-refractivity contribution in [2.45, 2.75) is 33.2 Å². The molecule has 0 saturated carbocycles. The van der Waals surface area contributed by atoms with Gasteiger partial charge in [0.2, 0.25) is 5.91 Å². The highest BCUT2D eigenvalue weighted by molar-refractivity contribution is 5.75. The SMILES string of the molecule is CCCCN(CC(N)=O)Cc1cc(=O)n2cccc(C)c2n1. The first-order chi connectivity index (χ1) is 10.5. The third kappa shape index (κ3) is 3.92. The zero-order valence-corrected chi connectivity index (χ0v) is 13.1. The van der Waals surface area contributed by atoms with Crippen LogP contribution in [0.25, 0.3) is 5.65 Å². The molecule has 0 atom stereocenters. The van der Waals surface area contributed by atoms with E-state index in [1.165, 1.54) is 10.5 Å². The lowest BCUT2D eigenvalue weighted by atomic mass is 10.2. The Bertz CT molecular complexity index is 724. The normalized spacial score (nSPS) is 11.2. The standard InChI is InChI=1S/C16H22N4O2/c1-3-4-7-19(11-14(17)21)10-13-9-15(22)20-8-5-6-12(2)16(20)18-13/h5-6,8-9H,3-4,7,10-11H2,1-2H3,(H2,17,21). The summed E-state index contributed by atoms with van der Waals surface area (Å²) in [6, 6.07) is 5.27. The fourth-order valence-corrected chi connectivity index (χ4v) is 2.44. The second-order valence-corrected chi connectivity index (χ2v) is 5.50. The molecule has 0 bridgehead atoms. The summed E-state index contributed by atoms with van der Waals surface area (Å²) < 4.78 is 1.53. The van der Waals surface area contributed by atoms with E-state index >= 15 is 0 Å². The average Bonchev–Trinajstić information content (AvgIpc) is 2.45. The molecule has 0 saturated heterocycles. The summed E-state index contributed by atoms with van der Waals surface area (Å²) in [6.07, 6.45) is 3.71. The van der Waals surface area contributed by atoms with Gasteiger partial charge in [-0.05, 0) is 31.5 Å².